The molecule has 0 aliphatic carbocycles. The van der Waals surface area contributed by atoms with Crippen molar-refractivity contribution in [1.82, 2.24) is 46.6 Å². The number of unbranched alkanes of at least 4 members (excludes halogenated alkanes) is 3. The average molecular weight is 1610 g/mol. The minimum atomic E-state index is -1.25. The van der Waals surface area contributed by atoms with Crippen LogP contribution >= 0.6 is 0 Å². The minimum absolute atomic E-state index is 0.0310. The molecule has 634 valence electrons. The lowest BCUT2D eigenvalue weighted by molar-refractivity contribution is -0.137. The Morgan fingerprint density at radius 1 is 0.474 bits per heavy atom. The number of nitrogens with one attached hydrogen (secondary N) is 6. The van der Waals surface area contributed by atoms with Gasteiger partial charge in [-0.25, -0.2) is 0 Å². The number of carbonyl (C=O) groups is 11. The van der Waals surface area contributed by atoms with Crippen LogP contribution in [0.2, 0.25) is 0 Å². The van der Waals surface area contributed by atoms with E-state index in [-0.39, 0.29) is 112 Å². The number of hydrogen-bond acceptors (Lipinski definition) is 26. The van der Waals surface area contributed by atoms with Crippen molar-refractivity contribution in [3.05, 3.63) is 47.5 Å². The van der Waals surface area contributed by atoms with Gasteiger partial charge in [0.1, 0.15) is 36.8 Å². The van der Waals surface area contributed by atoms with Crippen molar-refractivity contribution in [1.29, 1.82) is 0 Å². The lowest BCUT2D eigenvalue weighted by Crippen LogP contribution is -2.57. The number of hydrogen-bond donors (Lipinski definition) is 6. The number of carbonyl (C=O) groups excluding carboxylic acids is 11. The maximum absolute atomic E-state index is 14.6. The predicted octanol–water partition coefficient (Wildman–Crippen LogP) is 1.89. The molecule has 7 rings (SSSR count). The number of nitrogens with zero attached hydrogens (tertiary/aromatic N) is 5. The molecule has 36 heteroatoms. The number of anilines is 1. The van der Waals surface area contributed by atoms with E-state index < -0.39 is 77.5 Å². The van der Waals surface area contributed by atoms with Crippen molar-refractivity contribution in [3.8, 4) is 23.0 Å². The number of methoxy groups -OCH3 is 3. The van der Waals surface area contributed by atoms with Crippen molar-refractivity contribution in [3.63, 3.8) is 0 Å². The summed E-state index contributed by atoms with van der Waals surface area (Å²) < 4.78 is 77.9. The Kier molecular flexibility index (Phi) is 41.3. The number of fused-ring (bicyclic) bond motifs is 4. The largest absolute Gasteiger partial charge is 0.493 e. The Morgan fingerprint density at radius 3 is 1.48 bits per heavy atom. The van der Waals surface area contributed by atoms with Gasteiger partial charge in [-0.3, -0.25) is 62.6 Å². The van der Waals surface area contributed by atoms with E-state index in [0.717, 1.165) is 36.3 Å². The van der Waals surface area contributed by atoms with Gasteiger partial charge in [-0.05, 0) is 110 Å². The third kappa shape index (κ3) is 30.7. The van der Waals surface area contributed by atoms with E-state index in [4.69, 9.17) is 66.3 Å². The standard InChI is InChI=1S/C78H117N11O25/c1-53(72(94)82-54(2)74(96)84-56(4)76(98)89-51-58-17-14-24-87(58)78(100)60-47-65(103-7)67(49-63(60)89)114-27-12-8-11-26-113-66-48-62-59(46-64(66)102-6)77(99)86-23-13-16-57(86)50-80-62)81-73(95)55(3)83-75(97)61(85-68(90)19-15-25-88-70(92)20-21-71(88)93)18-9-10-22-79-69(91)52-112-45-44-111-43-42-110-41-40-109-39-38-108-37-36-107-35-34-106-33-32-105-31-30-104-29-28-101-5/h20-21,46-50,53-58,61H,8-19,22-45,51-52H2,1-7H3,(H,79,91)(H,81,95)(H,82,94)(H,83,97)(H,84,96)(H,85,90)/t53-,54-,55-,56-,57-,58-,61-/m0/s1. The van der Waals surface area contributed by atoms with Gasteiger partial charge in [0.25, 0.3) is 23.6 Å². The molecule has 0 bridgehead atoms. The van der Waals surface area contributed by atoms with E-state index in [0.29, 0.717) is 192 Å². The van der Waals surface area contributed by atoms with Crippen LogP contribution in [0.3, 0.4) is 0 Å². The van der Waals surface area contributed by atoms with Gasteiger partial charge in [0.15, 0.2) is 23.0 Å². The molecule has 2 aromatic rings. The topological polar surface area (TPSA) is 414 Å². The molecule has 11 amide bonds. The fourth-order valence-electron chi connectivity index (χ4n) is 12.8. The molecular weight excluding hydrogens is 1490 g/mol. The highest BCUT2D eigenvalue weighted by Crippen LogP contribution is 2.41. The van der Waals surface area contributed by atoms with Gasteiger partial charge in [0, 0.05) is 76.8 Å². The van der Waals surface area contributed by atoms with Crippen LogP contribution in [-0.2, 0) is 90.5 Å². The highest BCUT2D eigenvalue weighted by atomic mass is 16.6. The molecule has 7 atom stereocenters. The van der Waals surface area contributed by atoms with E-state index >= 15 is 0 Å². The zero-order valence-electron chi connectivity index (χ0n) is 66.9. The van der Waals surface area contributed by atoms with Gasteiger partial charge in [0.2, 0.25) is 41.4 Å². The molecule has 0 spiro atoms. The summed E-state index contributed by atoms with van der Waals surface area (Å²) in [5, 5.41) is 15.8. The van der Waals surface area contributed by atoms with E-state index in [2.05, 4.69) is 36.9 Å². The minimum Gasteiger partial charge on any atom is -0.493 e. The summed E-state index contributed by atoms with van der Waals surface area (Å²) in [5.41, 5.74) is 1.49. The Balaban J connectivity index is 0.775. The quantitative estimate of drug-likeness (QED) is 0.0407. The number of aliphatic imine (C=N–C) groups is 1. The Bertz CT molecular complexity index is 3500. The van der Waals surface area contributed by atoms with Crippen LogP contribution in [-0.4, -0.2) is 321 Å². The predicted molar refractivity (Wildman–Crippen MR) is 413 cm³/mol. The first kappa shape index (κ1) is 92.2. The van der Waals surface area contributed by atoms with Gasteiger partial charge in [-0.15, -0.1) is 0 Å². The van der Waals surface area contributed by atoms with Crippen LogP contribution in [0.25, 0.3) is 0 Å². The SMILES string of the molecule is COCCOCCOCCOCCOCCOCCOCCOCCOCCOCC(=O)NCCCC[C@H](NC(=O)CCCN1C(=O)C=CC1=O)C(=O)N[C@@H](C)C(=O)N[C@@H](C)C(=O)N[C@@H](C)C(=O)N[C@@H](C)C(=O)N1C[C@@H]2CCCN2C(=O)c2cc(OC)c(OCCCCCOc3cc4c(cc3OC)C(=O)N3CCC[C@H]3C=N4)cc21. The molecule has 114 heavy (non-hydrogen) atoms. The van der Waals surface area contributed by atoms with Crippen LogP contribution in [0, 0.1) is 0 Å². The zero-order valence-corrected chi connectivity index (χ0v) is 66.9. The van der Waals surface area contributed by atoms with Crippen LogP contribution in [0.15, 0.2) is 41.4 Å². The number of amides is 11. The summed E-state index contributed by atoms with van der Waals surface area (Å²) >= 11 is 0. The molecular formula is C78H117N11O25. The molecule has 5 aliphatic heterocycles. The van der Waals surface area contributed by atoms with Gasteiger partial charge in [-0.1, -0.05) is 0 Å². The van der Waals surface area contributed by atoms with Gasteiger partial charge < -0.3 is 113 Å². The fraction of sp³-hybridized carbons (Fsp3) is 0.667. The highest BCUT2D eigenvalue weighted by Gasteiger charge is 2.41. The van der Waals surface area contributed by atoms with Gasteiger partial charge >= 0.3 is 0 Å². The van der Waals surface area contributed by atoms with Crippen LogP contribution in [0.4, 0.5) is 11.4 Å². The molecule has 36 nitrogen and oxygen atoms in total. The summed E-state index contributed by atoms with van der Waals surface area (Å²) in [6.45, 7) is 14.9. The summed E-state index contributed by atoms with van der Waals surface area (Å²) in [6, 6.07) is 0.177. The first-order valence-corrected chi connectivity index (χ1v) is 39.4. The molecule has 6 N–H and O–H groups in total. The summed E-state index contributed by atoms with van der Waals surface area (Å²) in [5.74, 6) is -4.38. The van der Waals surface area contributed by atoms with Crippen LogP contribution in [0.1, 0.15) is 125 Å². The normalized spacial score (nSPS) is 16.9. The summed E-state index contributed by atoms with van der Waals surface area (Å²) in [6.07, 6.45) is 9.93. The number of imide groups is 1. The summed E-state index contributed by atoms with van der Waals surface area (Å²) in [7, 11) is 4.61. The molecule has 2 aromatic carbocycles. The van der Waals surface area contributed by atoms with E-state index in [1.54, 1.807) is 36.3 Å². The Labute approximate surface area is 665 Å². The van der Waals surface area contributed by atoms with Crippen molar-refractivity contribution >= 4 is 82.6 Å². The zero-order chi connectivity index (χ0) is 82.0. The molecule has 2 saturated heterocycles. The van der Waals surface area contributed by atoms with Crippen LogP contribution in [0.5, 0.6) is 23.0 Å². The Hall–Kier alpha value is -8.98. The fourth-order valence-corrected chi connectivity index (χ4v) is 12.8. The van der Waals surface area contributed by atoms with Gasteiger partial charge in [-0.2, -0.15) is 0 Å². The number of rotatable bonds is 58. The second kappa shape index (κ2) is 51.1. The first-order valence-electron chi connectivity index (χ1n) is 39.4. The second-order valence-electron chi connectivity index (χ2n) is 27.6. The molecule has 0 aromatic heterocycles. The average Bonchev–Trinajstić information content (AvgIpc) is 1.59. The molecule has 0 saturated carbocycles. The van der Waals surface area contributed by atoms with Crippen molar-refractivity contribution in [2.75, 3.05) is 198 Å². The number of benzene rings is 2. The summed E-state index contributed by atoms with van der Waals surface area (Å²) in [4.78, 5) is 158. The first-order chi connectivity index (χ1) is 55.2. The molecule has 5 aliphatic rings. The molecule has 2 fully saturated rings. The van der Waals surface area contributed by atoms with E-state index in [1.165, 1.54) is 46.8 Å². The molecule has 5 heterocycles. The molecule has 0 radical (unpaired) electrons. The van der Waals surface area contributed by atoms with Crippen molar-refractivity contribution < 1.29 is 119 Å². The highest BCUT2D eigenvalue weighted by molar-refractivity contribution is 6.13. The van der Waals surface area contributed by atoms with E-state index in [1.807, 2.05) is 11.1 Å². The Morgan fingerprint density at radius 2 is 0.947 bits per heavy atom. The van der Waals surface area contributed by atoms with E-state index in [9.17, 15) is 52.7 Å². The van der Waals surface area contributed by atoms with Crippen LogP contribution < -0.4 is 55.7 Å². The smallest absolute Gasteiger partial charge is 0.256 e. The lowest BCUT2D eigenvalue weighted by Gasteiger charge is -2.29. The monoisotopic (exact) mass is 1610 g/mol. The van der Waals surface area contributed by atoms with Crippen molar-refractivity contribution in [2.24, 2.45) is 4.99 Å². The maximum atomic E-state index is 14.6. The maximum Gasteiger partial charge on any atom is 0.256 e. The second-order valence-corrected chi connectivity index (χ2v) is 27.6. The molecule has 0 unspecified atom stereocenters. The number of ether oxygens (including phenoxy) is 14. The lowest BCUT2D eigenvalue weighted by atomic mass is 10.1. The third-order valence-electron chi connectivity index (χ3n) is 19.1. The van der Waals surface area contributed by atoms with Crippen molar-refractivity contribution in [2.45, 2.75) is 147 Å². The van der Waals surface area contributed by atoms with Gasteiger partial charge in [0.05, 0.1) is 181 Å². The third-order valence-corrected chi connectivity index (χ3v) is 19.1.